The molecule has 2 heterocycles. The number of aromatic nitrogens is 1. The van der Waals surface area contributed by atoms with Gasteiger partial charge in [0.1, 0.15) is 0 Å². The number of nitrogens with zero attached hydrogens (tertiary/aromatic N) is 2. The summed E-state index contributed by atoms with van der Waals surface area (Å²) in [6.07, 6.45) is 5.30. The Labute approximate surface area is 102 Å². The molecule has 0 saturated carbocycles. The smallest absolute Gasteiger partial charge is 0.0703 e. The van der Waals surface area contributed by atoms with Gasteiger partial charge in [-0.3, -0.25) is 4.98 Å². The topological polar surface area (TPSA) is 56.6 Å². The van der Waals surface area contributed by atoms with Crippen molar-refractivity contribution in [2.45, 2.75) is 32.5 Å². The van der Waals surface area contributed by atoms with E-state index in [2.05, 4.69) is 9.88 Å². The van der Waals surface area contributed by atoms with Crippen LogP contribution in [0.25, 0.3) is 0 Å². The number of aliphatic hydroxyl groups is 2. The first-order valence-corrected chi connectivity index (χ1v) is 6.19. The monoisotopic (exact) mass is 236 g/mol. The number of hydrogen-bond donors (Lipinski definition) is 2. The second-order valence-electron chi connectivity index (χ2n) is 4.73. The molecule has 0 aliphatic carbocycles. The van der Waals surface area contributed by atoms with E-state index in [0.29, 0.717) is 5.92 Å². The van der Waals surface area contributed by atoms with Gasteiger partial charge < -0.3 is 15.1 Å². The highest BCUT2D eigenvalue weighted by molar-refractivity contribution is 5.51. The molecular weight excluding hydrogens is 216 g/mol. The lowest BCUT2D eigenvalue weighted by molar-refractivity contribution is 0.110. The number of aliphatic hydroxyl groups excluding tert-OH is 2. The fourth-order valence-corrected chi connectivity index (χ4v) is 2.46. The third kappa shape index (κ3) is 2.76. The molecule has 1 fully saturated rings. The van der Waals surface area contributed by atoms with Crippen molar-refractivity contribution in [2.24, 2.45) is 5.92 Å². The predicted octanol–water partition coefficient (Wildman–Crippen LogP) is 1.17. The van der Waals surface area contributed by atoms with Gasteiger partial charge in [0.05, 0.1) is 24.6 Å². The first-order chi connectivity index (χ1) is 8.22. The Kier molecular flexibility index (Phi) is 3.97. The summed E-state index contributed by atoms with van der Waals surface area (Å²) in [5, 5.41) is 18.9. The Morgan fingerprint density at radius 2 is 2.18 bits per heavy atom. The van der Waals surface area contributed by atoms with E-state index >= 15 is 0 Å². The van der Waals surface area contributed by atoms with E-state index in [4.69, 9.17) is 0 Å². The van der Waals surface area contributed by atoms with Gasteiger partial charge in [0.25, 0.3) is 0 Å². The summed E-state index contributed by atoms with van der Waals surface area (Å²) in [5.74, 6) is 0.403. The molecule has 1 saturated heterocycles. The normalized spacial score (nSPS) is 19.4. The van der Waals surface area contributed by atoms with Crippen LogP contribution < -0.4 is 4.90 Å². The van der Waals surface area contributed by atoms with E-state index in [1.165, 1.54) is 0 Å². The second kappa shape index (κ2) is 5.47. The van der Waals surface area contributed by atoms with E-state index < -0.39 is 0 Å². The molecule has 4 heteroatoms. The molecule has 1 aromatic rings. The highest BCUT2D eigenvalue weighted by Gasteiger charge is 2.23. The Balaban J connectivity index is 2.05. The Morgan fingerprint density at radius 1 is 1.47 bits per heavy atom. The van der Waals surface area contributed by atoms with Crippen molar-refractivity contribution in [1.29, 1.82) is 0 Å². The Morgan fingerprint density at radius 3 is 2.76 bits per heavy atom. The van der Waals surface area contributed by atoms with Gasteiger partial charge >= 0.3 is 0 Å². The molecule has 4 nitrogen and oxygen atoms in total. The van der Waals surface area contributed by atoms with Crippen LogP contribution in [0.1, 0.15) is 25.3 Å². The molecule has 2 N–H and O–H groups in total. The molecule has 1 aromatic heterocycles. The van der Waals surface area contributed by atoms with Gasteiger partial charge in [-0.2, -0.15) is 0 Å². The highest BCUT2D eigenvalue weighted by atomic mass is 16.3. The van der Waals surface area contributed by atoms with Crippen molar-refractivity contribution >= 4 is 5.69 Å². The van der Waals surface area contributed by atoms with Gasteiger partial charge in [0.2, 0.25) is 0 Å². The summed E-state index contributed by atoms with van der Waals surface area (Å²) in [7, 11) is 0. The Bertz CT molecular complexity index is 360. The van der Waals surface area contributed by atoms with Crippen molar-refractivity contribution in [3.05, 3.63) is 24.0 Å². The van der Waals surface area contributed by atoms with Crippen molar-refractivity contribution in [3.8, 4) is 0 Å². The van der Waals surface area contributed by atoms with E-state index in [-0.39, 0.29) is 12.7 Å². The van der Waals surface area contributed by atoms with Gasteiger partial charge in [-0.25, -0.2) is 0 Å². The van der Waals surface area contributed by atoms with Crippen molar-refractivity contribution in [2.75, 3.05) is 18.0 Å². The summed E-state index contributed by atoms with van der Waals surface area (Å²) in [6.45, 7) is 3.76. The largest absolute Gasteiger partial charge is 0.393 e. The van der Waals surface area contributed by atoms with Gasteiger partial charge in [-0.15, -0.1) is 0 Å². The third-order valence-corrected chi connectivity index (χ3v) is 3.62. The molecule has 1 aliphatic heterocycles. The number of hydrogen-bond acceptors (Lipinski definition) is 4. The average molecular weight is 236 g/mol. The quantitative estimate of drug-likeness (QED) is 0.827. The summed E-state index contributed by atoms with van der Waals surface area (Å²) < 4.78 is 0. The Hall–Kier alpha value is -1.13. The van der Waals surface area contributed by atoms with E-state index in [0.717, 1.165) is 37.2 Å². The zero-order chi connectivity index (χ0) is 12.3. The van der Waals surface area contributed by atoms with Crippen molar-refractivity contribution in [3.63, 3.8) is 0 Å². The first kappa shape index (κ1) is 12.3. The second-order valence-corrected chi connectivity index (χ2v) is 4.73. The number of pyridine rings is 1. The standard InChI is InChI=1S/C13H20N2O2/c1-10(17)11-3-6-15(7-4-11)13-8-14-5-2-12(13)9-16/h2,5,8,10-11,16-17H,3-4,6-7,9H2,1H3. The van der Waals surface area contributed by atoms with Crippen molar-refractivity contribution < 1.29 is 10.2 Å². The number of anilines is 1. The van der Waals surface area contributed by atoms with Crippen LogP contribution in [0.15, 0.2) is 18.5 Å². The molecule has 0 amide bonds. The van der Waals surface area contributed by atoms with E-state index in [9.17, 15) is 10.2 Å². The van der Waals surface area contributed by atoms with Crippen LogP contribution in [0.5, 0.6) is 0 Å². The lowest BCUT2D eigenvalue weighted by atomic mass is 9.92. The lowest BCUT2D eigenvalue weighted by Gasteiger charge is -2.35. The molecule has 17 heavy (non-hydrogen) atoms. The third-order valence-electron chi connectivity index (χ3n) is 3.62. The molecule has 0 bridgehead atoms. The maximum Gasteiger partial charge on any atom is 0.0703 e. The fraction of sp³-hybridized carbons (Fsp3) is 0.615. The molecule has 1 unspecified atom stereocenters. The predicted molar refractivity (Wildman–Crippen MR) is 66.8 cm³/mol. The molecule has 1 atom stereocenters. The van der Waals surface area contributed by atoms with E-state index in [1.807, 2.05) is 19.2 Å². The summed E-state index contributed by atoms with van der Waals surface area (Å²) >= 11 is 0. The zero-order valence-corrected chi connectivity index (χ0v) is 10.2. The van der Waals surface area contributed by atoms with Crippen molar-refractivity contribution in [1.82, 2.24) is 4.98 Å². The van der Waals surface area contributed by atoms with Gasteiger partial charge in [-0.1, -0.05) is 0 Å². The number of rotatable bonds is 3. The minimum atomic E-state index is -0.219. The summed E-state index contributed by atoms with van der Waals surface area (Å²) in [6, 6.07) is 1.86. The molecule has 0 radical (unpaired) electrons. The minimum Gasteiger partial charge on any atom is -0.393 e. The number of piperidine rings is 1. The molecule has 94 valence electrons. The molecule has 1 aliphatic rings. The highest BCUT2D eigenvalue weighted by Crippen LogP contribution is 2.27. The van der Waals surface area contributed by atoms with E-state index in [1.54, 1.807) is 6.20 Å². The van der Waals surface area contributed by atoms with Gasteiger partial charge in [0, 0.05) is 24.8 Å². The zero-order valence-electron chi connectivity index (χ0n) is 10.2. The fourth-order valence-electron chi connectivity index (χ4n) is 2.46. The molecule has 0 spiro atoms. The van der Waals surface area contributed by atoms with Crippen LogP contribution in [-0.2, 0) is 6.61 Å². The summed E-state index contributed by atoms with van der Waals surface area (Å²) in [5.41, 5.74) is 1.95. The maximum atomic E-state index is 9.56. The van der Waals surface area contributed by atoms with Gasteiger partial charge in [-0.05, 0) is 31.7 Å². The lowest BCUT2D eigenvalue weighted by Crippen LogP contribution is -2.37. The first-order valence-electron chi connectivity index (χ1n) is 6.19. The summed E-state index contributed by atoms with van der Waals surface area (Å²) in [4.78, 5) is 6.37. The van der Waals surface area contributed by atoms with Crippen LogP contribution in [0.4, 0.5) is 5.69 Å². The molecule has 2 rings (SSSR count). The van der Waals surface area contributed by atoms with Crippen LogP contribution in [0.3, 0.4) is 0 Å². The minimum absolute atomic E-state index is 0.0498. The average Bonchev–Trinajstić information content (AvgIpc) is 2.39. The van der Waals surface area contributed by atoms with Gasteiger partial charge in [0.15, 0.2) is 0 Å². The SMILES string of the molecule is CC(O)C1CCN(c2cnccc2CO)CC1. The van der Waals surface area contributed by atoms with Crippen LogP contribution in [0.2, 0.25) is 0 Å². The van der Waals surface area contributed by atoms with Crippen LogP contribution in [-0.4, -0.2) is 34.4 Å². The van der Waals surface area contributed by atoms with Crippen LogP contribution >= 0.6 is 0 Å². The molecule has 0 aromatic carbocycles. The molecular formula is C13H20N2O2. The maximum absolute atomic E-state index is 9.56. The van der Waals surface area contributed by atoms with Crippen LogP contribution in [0, 0.1) is 5.92 Å².